The predicted molar refractivity (Wildman–Crippen MR) is 59.0 cm³/mol. The van der Waals surface area contributed by atoms with E-state index in [2.05, 4.69) is 0 Å². The van der Waals surface area contributed by atoms with Crippen molar-refractivity contribution >= 4 is 6.09 Å². The van der Waals surface area contributed by atoms with Crippen LogP contribution in [0.3, 0.4) is 0 Å². The molecule has 1 saturated heterocycles. The van der Waals surface area contributed by atoms with Crippen LogP contribution in [0.2, 0.25) is 0 Å². The maximum absolute atomic E-state index is 11.8. The third kappa shape index (κ3) is 3.35. The first-order valence-corrected chi connectivity index (χ1v) is 5.56. The molecule has 16 heavy (non-hydrogen) atoms. The Labute approximate surface area is 96.0 Å². The Balaban J connectivity index is 2.62. The van der Waals surface area contributed by atoms with Crippen LogP contribution in [-0.4, -0.2) is 51.6 Å². The fourth-order valence-electron chi connectivity index (χ4n) is 1.71. The molecule has 0 aromatic carbocycles. The first-order chi connectivity index (χ1) is 7.20. The van der Waals surface area contributed by atoms with Crippen LogP contribution >= 0.6 is 0 Å². The van der Waals surface area contributed by atoms with Gasteiger partial charge in [-0.1, -0.05) is 0 Å². The molecule has 5 nitrogen and oxygen atoms in total. The summed E-state index contributed by atoms with van der Waals surface area (Å²) in [6.07, 6.45) is -1.70. The number of carbonyl (C=O) groups excluding carboxylic acids is 1. The molecule has 94 valence electrons. The van der Waals surface area contributed by atoms with E-state index in [4.69, 9.17) is 4.74 Å². The molecule has 1 fully saturated rings. The SMILES string of the molecule is CC1C[C@H](O)[C@@H](O)CN1C(=O)OC(C)(C)C. The van der Waals surface area contributed by atoms with Gasteiger partial charge in [0, 0.05) is 6.04 Å². The molecular weight excluding hydrogens is 210 g/mol. The average molecular weight is 231 g/mol. The van der Waals surface area contributed by atoms with Gasteiger partial charge in [-0.25, -0.2) is 4.79 Å². The summed E-state index contributed by atoms with van der Waals surface area (Å²) in [6.45, 7) is 7.34. The molecular formula is C11H21NO4. The molecule has 0 aromatic heterocycles. The highest BCUT2D eigenvalue weighted by atomic mass is 16.6. The molecule has 0 radical (unpaired) electrons. The molecule has 1 heterocycles. The van der Waals surface area contributed by atoms with Crippen molar-refractivity contribution in [1.82, 2.24) is 4.90 Å². The fourth-order valence-corrected chi connectivity index (χ4v) is 1.71. The van der Waals surface area contributed by atoms with Gasteiger partial charge in [0.25, 0.3) is 0 Å². The van der Waals surface area contributed by atoms with Gasteiger partial charge in [-0.15, -0.1) is 0 Å². The Morgan fingerprint density at radius 1 is 1.31 bits per heavy atom. The number of piperidine rings is 1. The van der Waals surface area contributed by atoms with Crippen molar-refractivity contribution in [3.8, 4) is 0 Å². The lowest BCUT2D eigenvalue weighted by Gasteiger charge is -2.39. The summed E-state index contributed by atoms with van der Waals surface area (Å²) in [6, 6.07) is -0.117. The molecule has 5 heteroatoms. The van der Waals surface area contributed by atoms with Gasteiger partial charge in [0.2, 0.25) is 0 Å². The predicted octanol–water partition coefficient (Wildman–Crippen LogP) is 0.737. The molecule has 0 aromatic rings. The Hall–Kier alpha value is -0.810. The van der Waals surface area contributed by atoms with E-state index in [9.17, 15) is 15.0 Å². The molecule has 1 rings (SSSR count). The normalized spacial score (nSPS) is 31.4. The van der Waals surface area contributed by atoms with Crippen molar-refractivity contribution in [3.05, 3.63) is 0 Å². The van der Waals surface area contributed by atoms with Crippen LogP contribution in [0, 0.1) is 0 Å². The summed E-state index contributed by atoms with van der Waals surface area (Å²) in [7, 11) is 0. The summed E-state index contributed by atoms with van der Waals surface area (Å²) >= 11 is 0. The van der Waals surface area contributed by atoms with E-state index in [1.54, 1.807) is 20.8 Å². The second kappa shape index (κ2) is 4.59. The molecule has 1 aliphatic rings. The van der Waals surface area contributed by atoms with Crippen LogP contribution in [-0.2, 0) is 4.74 Å². The highest BCUT2D eigenvalue weighted by Gasteiger charge is 2.35. The summed E-state index contributed by atoms with van der Waals surface area (Å²) in [5, 5.41) is 19.0. The third-order valence-electron chi connectivity index (χ3n) is 2.57. The molecule has 2 N–H and O–H groups in total. The second-order valence-electron chi connectivity index (χ2n) is 5.35. The maximum Gasteiger partial charge on any atom is 0.410 e. The number of likely N-dealkylation sites (tertiary alicyclic amines) is 1. The minimum absolute atomic E-state index is 0.117. The van der Waals surface area contributed by atoms with Gasteiger partial charge in [0.05, 0.1) is 18.8 Å². The van der Waals surface area contributed by atoms with Crippen LogP contribution in [0.1, 0.15) is 34.1 Å². The zero-order chi connectivity index (χ0) is 12.5. The van der Waals surface area contributed by atoms with E-state index in [1.807, 2.05) is 6.92 Å². The number of aliphatic hydroxyl groups excluding tert-OH is 2. The maximum atomic E-state index is 11.8. The van der Waals surface area contributed by atoms with E-state index >= 15 is 0 Å². The van der Waals surface area contributed by atoms with Crippen LogP contribution in [0.15, 0.2) is 0 Å². The molecule has 0 spiro atoms. The Bertz CT molecular complexity index is 261. The van der Waals surface area contributed by atoms with E-state index in [1.165, 1.54) is 4.90 Å². The smallest absolute Gasteiger partial charge is 0.410 e. The van der Waals surface area contributed by atoms with Crippen LogP contribution in [0.5, 0.6) is 0 Å². The molecule has 3 atom stereocenters. The van der Waals surface area contributed by atoms with Gasteiger partial charge in [-0.3, -0.25) is 0 Å². The molecule has 1 aliphatic heterocycles. The second-order valence-corrected chi connectivity index (χ2v) is 5.35. The number of hydrogen-bond acceptors (Lipinski definition) is 4. The molecule has 1 unspecified atom stereocenters. The van der Waals surface area contributed by atoms with Gasteiger partial charge in [-0.05, 0) is 34.1 Å². The first kappa shape index (κ1) is 13.3. The minimum Gasteiger partial charge on any atom is -0.444 e. The lowest BCUT2D eigenvalue weighted by molar-refractivity contribution is -0.0634. The number of β-amino-alcohol motifs (C(OH)–C–C–N with tert-alkyl or cyclic N) is 1. The topological polar surface area (TPSA) is 70.0 Å². The monoisotopic (exact) mass is 231 g/mol. The molecule has 1 amide bonds. The van der Waals surface area contributed by atoms with Crippen molar-refractivity contribution < 1.29 is 19.7 Å². The van der Waals surface area contributed by atoms with Gasteiger partial charge < -0.3 is 19.8 Å². The number of aliphatic hydroxyl groups is 2. The van der Waals surface area contributed by atoms with Crippen molar-refractivity contribution in [1.29, 1.82) is 0 Å². The van der Waals surface area contributed by atoms with Crippen molar-refractivity contribution in [2.75, 3.05) is 6.54 Å². The summed E-state index contributed by atoms with van der Waals surface area (Å²) < 4.78 is 5.23. The summed E-state index contributed by atoms with van der Waals surface area (Å²) in [5.41, 5.74) is -0.544. The van der Waals surface area contributed by atoms with Gasteiger partial charge >= 0.3 is 6.09 Å². The number of rotatable bonds is 0. The average Bonchev–Trinajstić information content (AvgIpc) is 2.08. The lowest BCUT2D eigenvalue weighted by atomic mass is 9.99. The Morgan fingerprint density at radius 3 is 2.38 bits per heavy atom. The van der Waals surface area contributed by atoms with E-state index in [-0.39, 0.29) is 12.6 Å². The van der Waals surface area contributed by atoms with Gasteiger partial charge in [-0.2, -0.15) is 0 Å². The largest absolute Gasteiger partial charge is 0.444 e. The fraction of sp³-hybridized carbons (Fsp3) is 0.909. The Kier molecular flexibility index (Phi) is 3.80. The van der Waals surface area contributed by atoms with Crippen molar-refractivity contribution in [2.45, 2.75) is 58.0 Å². The van der Waals surface area contributed by atoms with Crippen molar-refractivity contribution in [2.24, 2.45) is 0 Å². The first-order valence-electron chi connectivity index (χ1n) is 5.56. The van der Waals surface area contributed by atoms with Crippen LogP contribution < -0.4 is 0 Å². The van der Waals surface area contributed by atoms with E-state index in [0.29, 0.717) is 6.42 Å². The number of nitrogens with zero attached hydrogens (tertiary/aromatic N) is 1. The van der Waals surface area contributed by atoms with Crippen molar-refractivity contribution in [3.63, 3.8) is 0 Å². The van der Waals surface area contributed by atoms with Crippen LogP contribution in [0.25, 0.3) is 0 Å². The number of ether oxygens (including phenoxy) is 1. The molecule has 0 saturated carbocycles. The number of carbonyl (C=O) groups is 1. The van der Waals surface area contributed by atoms with E-state index < -0.39 is 23.9 Å². The minimum atomic E-state index is -0.885. The highest BCUT2D eigenvalue weighted by Crippen LogP contribution is 2.20. The summed E-state index contributed by atoms with van der Waals surface area (Å²) in [4.78, 5) is 13.2. The standard InChI is InChI=1S/C11H21NO4/c1-7-5-8(13)9(14)6-12(7)10(15)16-11(2,3)4/h7-9,13-14H,5-6H2,1-4H3/t7?,8-,9-/m0/s1. The number of amides is 1. The number of hydrogen-bond donors (Lipinski definition) is 2. The zero-order valence-corrected chi connectivity index (χ0v) is 10.3. The Morgan fingerprint density at radius 2 is 1.88 bits per heavy atom. The highest BCUT2D eigenvalue weighted by molar-refractivity contribution is 5.68. The van der Waals surface area contributed by atoms with E-state index in [0.717, 1.165) is 0 Å². The van der Waals surface area contributed by atoms with Gasteiger partial charge in [0.1, 0.15) is 5.60 Å². The quantitative estimate of drug-likeness (QED) is 0.645. The zero-order valence-electron chi connectivity index (χ0n) is 10.3. The lowest BCUT2D eigenvalue weighted by Crippen LogP contribution is -2.54. The summed E-state index contributed by atoms with van der Waals surface area (Å²) in [5.74, 6) is 0. The molecule has 0 aliphatic carbocycles. The van der Waals surface area contributed by atoms with Gasteiger partial charge in [0.15, 0.2) is 0 Å². The van der Waals surface area contributed by atoms with Crippen LogP contribution in [0.4, 0.5) is 4.79 Å². The third-order valence-corrected chi connectivity index (χ3v) is 2.57. The molecule has 0 bridgehead atoms.